The summed E-state index contributed by atoms with van der Waals surface area (Å²) in [6, 6.07) is 5.89. The fraction of sp³-hybridized carbons (Fsp3) is 0.333. The summed E-state index contributed by atoms with van der Waals surface area (Å²) in [6.45, 7) is 1.20. The topological polar surface area (TPSA) is 120 Å². The first kappa shape index (κ1) is 18.7. The molecule has 32 heavy (non-hydrogen) atoms. The molecule has 0 radical (unpaired) electrons. The third-order valence-corrected chi connectivity index (χ3v) is 5.77. The minimum atomic E-state index is -0.218. The van der Waals surface area contributed by atoms with E-state index in [2.05, 4.69) is 30.6 Å². The molecule has 5 heterocycles. The molecule has 0 spiro atoms. The van der Waals surface area contributed by atoms with Crippen LogP contribution in [0.3, 0.4) is 0 Å². The minimum absolute atomic E-state index is 0.218. The summed E-state index contributed by atoms with van der Waals surface area (Å²) in [7, 11) is 0. The predicted molar refractivity (Wildman–Crippen MR) is 116 cm³/mol. The van der Waals surface area contributed by atoms with Crippen LogP contribution in [0.5, 0.6) is 0 Å². The van der Waals surface area contributed by atoms with Crippen molar-refractivity contribution < 1.29 is 4.79 Å². The van der Waals surface area contributed by atoms with Gasteiger partial charge in [-0.05, 0) is 37.8 Å². The van der Waals surface area contributed by atoms with Crippen molar-refractivity contribution in [3.05, 3.63) is 54.4 Å². The Morgan fingerprint density at radius 3 is 2.94 bits per heavy atom. The van der Waals surface area contributed by atoms with Crippen LogP contribution in [0, 0.1) is 0 Å². The number of fused-ring (bicyclic) bond motifs is 1. The summed E-state index contributed by atoms with van der Waals surface area (Å²) in [6.07, 6.45) is 10.7. The molecule has 0 bridgehead atoms. The van der Waals surface area contributed by atoms with Crippen LogP contribution in [0.4, 0.5) is 17.6 Å². The second-order valence-electron chi connectivity index (χ2n) is 8.06. The zero-order chi connectivity index (χ0) is 21.5. The van der Waals surface area contributed by atoms with Crippen LogP contribution in [0.15, 0.2) is 43.0 Å². The number of H-pyrrole nitrogens is 1. The third-order valence-electron chi connectivity index (χ3n) is 5.77. The van der Waals surface area contributed by atoms with Gasteiger partial charge in [0, 0.05) is 49.4 Å². The van der Waals surface area contributed by atoms with E-state index in [9.17, 15) is 4.79 Å². The van der Waals surface area contributed by atoms with Crippen LogP contribution in [-0.4, -0.2) is 58.8 Å². The van der Waals surface area contributed by atoms with Crippen LogP contribution in [0.2, 0.25) is 0 Å². The average molecular weight is 430 g/mol. The number of hydrazine groups is 1. The van der Waals surface area contributed by atoms with Crippen molar-refractivity contribution in [1.82, 2.24) is 39.8 Å². The molecule has 11 nitrogen and oxygen atoms in total. The van der Waals surface area contributed by atoms with Gasteiger partial charge < -0.3 is 5.32 Å². The van der Waals surface area contributed by atoms with Crippen molar-refractivity contribution in [3.63, 3.8) is 0 Å². The minimum Gasteiger partial charge on any atom is -0.322 e. The fourth-order valence-corrected chi connectivity index (χ4v) is 3.98. The molecule has 1 aliphatic carbocycles. The Hall–Kier alpha value is -4.02. The van der Waals surface area contributed by atoms with E-state index in [1.165, 1.54) is 25.2 Å². The van der Waals surface area contributed by atoms with E-state index in [1.807, 2.05) is 29.4 Å². The lowest BCUT2D eigenvalue weighted by Gasteiger charge is -2.38. The van der Waals surface area contributed by atoms with E-state index in [0.717, 1.165) is 24.1 Å². The number of hydrogen-bond donors (Lipinski definition) is 2. The van der Waals surface area contributed by atoms with E-state index in [4.69, 9.17) is 4.98 Å². The molecule has 1 aliphatic heterocycles. The van der Waals surface area contributed by atoms with Crippen molar-refractivity contribution in [1.29, 1.82) is 0 Å². The number of hydrogen-bond acceptors (Lipinski definition) is 8. The third kappa shape index (κ3) is 3.41. The summed E-state index contributed by atoms with van der Waals surface area (Å²) in [5.74, 6) is 2.15. The van der Waals surface area contributed by atoms with Gasteiger partial charge in [-0.1, -0.05) is 0 Å². The van der Waals surface area contributed by atoms with Gasteiger partial charge in [0.15, 0.2) is 11.6 Å². The molecule has 11 heteroatoms. The van der Waals surface area contributed by atoms with Gasteiger partial charge in [-0.15, -0.1) is 5.10 Å². The van der Waals surface area contributed by atoms with Crippen molar-refractivity contribution in [2.75, 3.05) is 23.4 Å². The molecule has 4 aromatic heterocycles. The van der Waals surface area contributed by atoms with E-state index in [-0.39, 0.29) is 5.91 Å². The number of nitrogens with one attached hydrogen (secondary N) is 2. The number of aromatic amines is 1. The maximum absolute atomic E-state index is 13.1. The van der Waals surface area contributed by atoms with Crippen molar-refractivity contribution in [3.8, 4) is 0 Å². The molecule has 0 aromatic carbocycles. The highest BCUT2D eigenvalue weighted by Gasteiger charge is 2.30. The van der Waals surface area contributed by atoms with E-state index >= 15 is 0 Å². The maximum atomic E-state index is 13.1. The van der Waals surface area contributed by atoms with Crippen LogP contribution >= 0.6 is 0 Å². The zero-order valence-corrected chi connectivity index (χ0v) is 17.3. The highest BCUT2D eigenvalue weighted by molar-refractivity contribution is 5.93. The number of anilines is 3. The summed E-state index contributed by atoms with van der Waals surface area (Å²) in [5.41, 5.74) is 2.27. The molecule has 0 atom stereocenters. The summed E-state index contributed by atoms with van der Waals surface area (Å²) >= 11 is 0. The molecular weight excluding hydrogens is 408 g/mol. The van der Waals surface area contributed by atoms with Gasteiger partial charge >= 0.3 is 0 Å². The second-order valence-corrected chi connectivity index (χ2v) is 8.06. The highest BCUT2D eigenvalue weighted by atomic mass is 16.2. The first-order valence-electron chi connectivity index (χ1n) is 10.8. The molecular formula is C21H22N10O. The van der Waals surface area contributed by atoms with Crippen LogP contribution < -0.4 is 10.3 Å². The quantitative estimate of drug-likeness (QED) is 0.496. The Labute approximate surface area is 183 Å². The van der Waals surface area contributed by atoms with Gasteiger partial charge in [0.05, 0.1) is 6.20 Å². The molecule has 2 fully saturated rings. The standard InChI is InChI=1S/C21H22N10O/c32-20(16-13-22-7-8-23-16)30-10-1-2-11-31(30)21-25-19(17-4-3-9-29(17)28-21)24-18-12-15(26-27-18)14-5-6-14/h3-4,7-9,12-14H,1-2,5-6,10-11H2,(H2,24,25,26,27,28). The van der Waals surface area contributed by atoms with Crippen molar-refractivity contribution in [2.45, 2.75) is 31.6 Å². The predicted octanol–water partition coefficient (Wildman–Crippen LogP) is 2.52. The van der Waals surface area contributed by atoms with Gasteiger partial charge in [0.25, 0.3) is 11.9 Å². The highest BCUT2D eigenvalue weighted by Crippen LogP contribution is 2.39. The summed E-state index contributed by atoms with van der Waals surface area (Å²) < 4.78 is 1.76. The zero-order valence-electron chi connectivity index (χ0n) is 17.3. The smallest absolute Gasteiger partial charge is 0.292 e. The molecule has 2 N–H and O–H groups in total. The average Bonchev–Trinajstić information content (AvgIpc) is 3.39. The number of nitrogens with zero attached hydrogens (tertiary/aromatic N) is 8. The van der Waals surface area contributed by atoms with E-state index < -0.39 is 0 Å². The molecule has 162 valence electrons. The number of carbonyl (C=O) groups is 1. The second kappa shape index (κ2) is 7.59. The SMILES string of the molecule is O=C(c1cnccn1)N1CCCCN1c1nc(Nc2cc(C3CC3)[nH]n2)c2cccn2n1. The Morgan fingerprint density at radius 1 is 1.19 bits per heavy atom. The van der Waals surface area contributed by atoms with Gasteiger partial charge in [-0.25, -0.2) is 19.5 Å². The molecule has 1 saturated carbocycles. The van der Waals surface area contributed by atoms with Gasteiger partial charge in [-0.3, -0.25) is 14.9 Å². The van der Waals surface area contributed by atoms with Gasteiger partial charge in [0.2, 0.25) is 0 Å². The Bertz CT molecular complexity index is 1260. The van der Waals surface area contributed by atoms with Crippen LogP contribution in [-0.2, 0) is 0 Å². The van der Waals surface area contributed by atoms with Gasteiger partial charge in [-0.2, -0.15) is 10.1 Å². The fourth-order valence-electron chi connectivity index (χ4n) is 3.98. The molecule has 4 aromatic rings. The lowest BCUT2D eigenvalue weighted by atomic mass is 10.2. The Kier molecular flexibility index (Phi) is 4.44. The number of carbonyl (C=O) groups excluding carboxylic acids is 1. The number of aromatic nitrogens is 7. The van der Waals surface area contributed by atoms with E-state index in [1.54, 1.807) is 15.7 Å². The van der Waals surface area contributed by atoms with Crippen LogP contribution in [0.1, 0.15) is 47.8 Å². The van der Waals surface area contributed by atoms with Crippen molar-refractivity contribution in [2.24, 2.45) is 0 Å². The largest absolute Gasteiger partial charge is 0.322 e. The van der Waals surface area contributed by atoms with Crippen LogP contribution in [0.25, 0.3) is 5.52 Å². The Morgan fingerprint density at radius 2 is 2.09 bits per heavy atom. The monoisotopic (exact) mass is 430 g/mol. The molecule has 1 saturated heterocycles. The first-order valence-corrected chi connectivity index (χ1v) is 10.8. The van der Waals surface area contributed by atoms with E-state index in [0.29, 0.717) is 42.3 Å². The lowest BCUT2D eigenvalue weighted by Crippen LogP contribution is -2.51. The molecule has 6 rings (SSSR count). The van der Waals surface area contributed by atoms with Crippen molar-refractivity contribution >= 4 is 29.0 Å². The number of amides is 1. The normalized spacial score (nSPS) is 16.5. The molecule has 2 aliphatic rings. The summed E-state index contributed by atoms with van der Waals surface area (Å²) in [4.78, 5) is 26.1. The first-order chi connectivity index (χ1) is 15.8. The summed E-state index contributed by atoms with van der Waals surface area (Å²) in [5, 5.41) is 19.0. The Balaban J connectivity index is 1.35. The molecule has 0 unspecified atom stereocenters. The maximum Gasteiger partial charge on any atom is 0.292 e. The van der Waals surface area contributed by atoms with Gasteiger partial charge in [0.1, 0.15) is 11.2 Å². The lowest BCUT2D eigenvalue weighted by molar-refractivity contribution is 0.0693. The molecule has 1 amide bonds. The number of rotatable bonds is 5.